The fourth-order valence-electron chi connectivity index (χ4n) is 0.428. The molecule has 21 heavy (non-hydrogen) atoms. The van der Waals surface area contributed by atoms with Crippen molar-refractivity contribution in [1.29, 1.82) is 0 Å². The summed E-state index contributed by atoms with van der Waals surface area (Å²) in [4.78, 5) is 38.6. The molecule has 0 atom stereocenters. The van der Waals surface area contributed by atoms with Gasteiger partial charge in [-0.05, 0) is 0 Å². The van der Waals surface area contributed by atoms with Crippen LogP contribution in [0.25, 0.3) is 0 Å². The van der Waals surface area contributed by atoms with Gasteiger partial charge in [-0.2, -0.15) is 0 Å². The second-order valence-corrected chi connectivity index (χ2v) is 2.57. The van der Waals surface area contributed by atoms with E-state index in [1.807, 2.05) is 0 Å². The van der Waals surface area contributed by atoms with Gasteiger partial charge < -0.3 is 20.4 Å². The molecule has 0 amide bonds. The van der Waals surface area contributed by atoms with Gasteiger partial charge in [-0.25, -0.2) is 0 Å². The third-order valence-corrected chi connectivity index (χ3v) is 1.11. The average Bonchev–Trinajstić information content (AvgIpc) is 2.12. The summed E-state index contributed by atoms with van der Waals surface area (Å²) in [5.74, 6) is -4.31. The van der Waals surface area contributed by atoms with Crippen LogP contribution >= 0.6 is 0 Å². The number of carboxylic acid groups (broad SMARTS) is 4. The molecule has 4 N–H and O–H groups in total. The van der Waals surface area contributed by atoms with E-state index in [0.29, 0.717) is 0 Å². The van der Waals surface area contributed by atoms with Crippen LogP contribution < -0.4 is 0 Å². The molecule has 0 aromatic carbocycles. The van der Waals surface area contributed by atoms with Crippen molar-refractivity contribution in [2.24, 2.45) is 0 Å². The Morgan fingerprint density at radius 3 is 0.571 bits per heavy atom. The van der Waals surface area contributed by atoms with Crippen LogP contribution in [-0.4, -0.2) is 192 Å². The molecule has 0 spiro atoms. The standard InChI is InChI=1S/2C4H6O4.5Na.5H/c2*5-3(6)1-2-4(7)8;;;;;;;;;;/h2*1-2H2,(H,5,6)(H,7,8);;;;;;;;;;. The van der Waals surface area contributed by atoms with E-state index in [2.05, 4.69) is 0 Å². The minimum atomic E-state index is -1.08. The molecule has 0 aliphatic carbocycles. The first-order valence-corrected chi connectivity index (χ1v) is 4.13. The summed E-state index contributed by atoms with van der Waals surface area (Å²) < 4.78 is 0. The van der Waals surface area contributed by atoms with E-state index in [1.54, 1.807) is 0 Å². The molecule has 0 aromatic heterocycles. The molecule has 0 bridgehead atoms. The molecule has 13 heteroatoms. The maximum atomic E-state index is 9.64. The summed E-state index contributed by atoms with van der Waals surface area (Å²) in [6, 6.07) is 0. The Balaban J connectivity index is -0.0000000302. The fourth-order valence-corrected chi connectivity index (χ4v) is 0.428. The fraction of sp³-hybridized carbons (Fsp3) is 0.500. The van der Waals surface area contributed by atoms with Crippen molar-refractivity contribution in [2.75, 3.05) is 0 Å². The van der Waals surface area contributed by atoms with Crippen LogP contribution in [-0.2, 0) is 19.2 Å². The van der Waals surface area contributed by atoms with Gasteiger partial charge in [0.2, 0.25) is 0 Å². The topological polar surface area (TPSA) is 149 Å². The van der Waals surface area contributed by atoms with Crippen LogP contribution in [0.2, 0.25) is 0 Å². The van der Waals surface area contributed by atoms with Crippen molar-refractivity contribution in [1.82, 2.24) is 0 Å². The van der Waals surface area contributed by atoms with Gasteiger partial charge in [-0.3, -0.25) is 19.2 Å². The Labute approximate surface area is 232 Å². The maximum absolute atomic E-state index is 9.64. The number of aliphatic carboxylic acids is 4. The molecule has 102 valence electrons. The van der Waals surface area contributed by atoms with E-state index in [0.717, 1.165) is 0 Å². The first kappa shape index (κ1) is 43.9. The summed E-state index contributed by atoms with van der Waals surface area (Å²) in [5.41, 5.74) is 0. The number of carboxylic acids is 4. The zero-order valence-electron chi connectivity index (χ0n) is 8.25. The van der Waals surface area contributed by atoms with Gasteiger partial charge in [-0.15, -0.1) is 0 Å². The van der Waals surface area contributed by atoms with Crippen molar-refractivity contribution in [3.05, 3.63) is 0 Å². The third-order valence-electron chi connectivity index (χ3n) is 1.11. The molecule has 8 nitrogen and oxygen atoms in total. The monoisotopic (exact) mass is 356 g/mol. The van der Waals surface area contributed by atoms with Crippen LogP contribution in [0, 0.1) is 0 Å². The van der Waals surface area contributed by atoms with Crippen LogP contribution in [0.4, 0.5) is 0 Å². The van der Waals surface area contributed by atoms with Gasteiger partial charge in [0.05, 0.1) is 25.7 Å². The normalized spacial score (nSPS) is 6.48. The molecular formula is C8H17Na5O8. The third kappa shape index (κ3) is 60.1. The van der Waals surface area contributed by atoms with E-state index in [1.165, 1.54) is 0 Å². The Morgan fingerprint density at radius 1 is 0.429 bits per heavy atom. The van der Waals surface area contributed by atoms with E-state index in [-0.39, 0.29) is 173 Å². The molecule has 0 unspecified atom stereocenters. The molecule has 0 fully saturated rings. The molecular weight excluding hydrogens is 339 g/mol. The van der Waals surface area contributed by atoms with E-state index in [4.69, 9.17) is 20.4 Å². The Bertz CT molecular complexity index is 230. The summed E-state index contributed by atoms with van der Waals surface area (Å²) >= 11 is 0. The number of rotatable bonds is 6. The van der Waals surface area contributed by atoms with Crippen LogP contribution in [0.1, 0.15) is 25.7 Å². The zero-order chi connectivity index (χ0) is 13.1. The predicted octanol–water partition coefficient (Wildman–Crippen LogP) is -3.37. The molecule has 0 aromatic rings. The van der Waals surface area contributed by atoms with Crippen molar-refractivity contribution in [3.8, 4) is 0 Å². The number of hydrogen-bond donors (Lipinski definition) is 4. The van der Waals surface area contributed by atoms with Gasteiger partial charge in [0.1, 0.15) is 0 Å². The molecule has 0 rings (SSSR count). The molecule has 0 saturated carbocycles. The van der Waals surface area contributed by atoms with Gasteiger partial charge in [0.15, 0.2) is 0 Å². The van der Waals surface area contributed by atoms with Gasteiger partial charge in [0.25, 0.3) is 0 Å². The van der Waals surface area contributed by atoms with Crippen molar-refractivity contribution in [2.45, 2.75) is 25.7 Å². The minimum absolute atomic E-state index is 0. The summed E-state index contributed by atoms with van der Waals surface area (Å²) in [5, 5.41) is 31.6. The first-order valence-electron chi connectivity index (χ1n) is 4.13. The molecule has 0 radical (unpaired) electrons. The number of carbonyl (C=O) groups is 4. The van der Waals surface area contributed by atoms with Crippen molar-refractivity contribution >= 4 is 172 Å². The molecule has 0 aliphatic heterocycles. The molecule has 0 saturated heterocycles. The van der Waals surface area contributed by atoms with Gasteiger partial charge in [0, 0.05) is 0 Å². The van der Waals surface area contributed by atoms with E-state index < -0.39 is 23.9 Å². The van der Waals surface area contributed by atoms with Crippen LogP contribution in [0.15, 0.2) is 0 Å². The molecule has 0 heterocycles. The predicted molar refractivity (Wildman–Crippen MR) is 84.8 cm³/mol. The average molecular weight is 356 g/mol. The summed E-state index contributed by atoms with van der Waals surface area (Å²) in [7, 11) is 0. The Kier molecular flexibility index (Phi) is 64.2. The molecule has 0 aliphatic rings. The first-order chi connectivity index (χ1) is 7.25. The van der Waals surface area contributed by atoms with Crippen LogP contribution in [0.5, 0.6) is 0 Å². The Hall–Kier alpha value is 2.88. The zero-order valence-corrected chi connectivity index (χ0v) is 8.25. The second-order valence-electron chi connectivity index (χ2n) is 2.57. The summed E-state index contributed by atoms with van der Waals surface area (Å²) in [6.07, 6.45) is -1.19. The number of hydrogen-bond acceptors (Lipinski definition) is 4. The second kappa shape index (κ2) is 30.7. The summed E-state index contributed by atoms with van der Waals surface area (Å²) in [6.45, 7) is 0. The van der Waals surface area contributed by atoms with E-state index >= 15 is 0 Å². The quantitative estimate of drug-likeness (QED) is 0.360. The Morgan fingerprint density at radius 2 is 0.524 bits per heavy atom. The van der Waals surface area contributed by atoms with Crippen molar-refractivity contribution in [3.63, 3.8) is 0 Å². The van der Waals surface area contributed by atoms with Gasteiger partial charge in [-0.1, -0.05) is 0 Å². The van der Waals surface area contributed by atoms with Gasteiger partial charge >= 0.3 is 172 Å². The van der Waals surface area contributed by atoms with Crippen LogP contribution in [0.3, 0.4) is 0 Å². The van der Waals surface area contributed by atoms with Crippen molar-refractivity contribution < 1.29 is 39.6 Å². The SMILES string of the molecule is O=C(O)CCC(=O)O.O=C(O)CCC(=O)O.[NaH].[NaH].[NaH].[NaH].[NaH]. The van der Waals surface area contributed by atoms with E-state index in [9.17, 15) is 19.2 Å².